The van der Waals surface area contributed by atoms with Crippen LogP contribution < -0.4 is 0 Å². The van der Waals surface area contributed by atoms with Gasteiger partial charge >= 0.3 is 0 Å². The fourth-order valence-electron chi connectivity index (χ4n) is 2.36. The number of halogens is 3. The van der Waals surface area contributed by atoms with Crippen molar-refractivity contribution in [2.45, 2.75) is 45.9 Å². The Balaban J connectivity index is 2.67. The lowest BCUT2D eigenvalue weighted by Gasteiger charge is -2.25. The largest absolute Gasteiger partial charge is 0.118 e. The minimum absolute atomic E-state index is 0.0490. The Morgan fingerprint density at radius 2 is 1.78 bits per heavy atom. The Kier molecular flexibility index (Phi) is 5.83. The van der Waals surface area contributed by atoms with Gasteiger partial charge in [-0.1, -0.05) is 57.0 Å². The zero-order valence-corrected chi connectivity index (χ0v) is 13.7. The van der Waals surface area contributed by atoms with Gasteiger partial charge in [0.2, 0.25) is 0 Å². The van der Waals surface area contributed by atoms with Crippen LogP contribution in [-0.4, -0.2) is 0 Å². The summed E-state index contributed by atoms with van der Waals surface area (Å²) in [6.07, 6.45) is 2.08. The molecule has 0 N–H and O–H groups in total. The maximum Gasteiger partial charge on any atom is 0.0602 e. The van der Waals surface area contributed by atoms with Crippen molar-refractivity contribution >= 4 is 34.8 Å². The van der Waals surface area contributed by atoms with Crippen molar-refractivity contribution in [3.63, 3.8) is 0 Å². The third-order valence-electron chi connectivity index (χ3n) is 2.87. The van der Waals surface area contributed by atoms with Gasteiger partial charge in [-0.3, -0.25) is 0 Å². The summed E-state index contributed by atoms with van der Waals surface area (Å²) >= 11 is 18.5. The first-order chi connectivity index (χ1) is 8.19. The van der Waals surface area contributed by atoms with E-state index in [1.165, 1.54) is 0 Å². The van der Waals surface area contributed by atoms with E-state index >= 15 is 0 Å². The first-order valence-corrected chi connectivity index (χ1v) is 7.47. The van der Waals surface area contributed by atoms with Gasteiger partial charge < -0.3 is 0 Å². The van der Waals surface area contributed by atoms with E-state index in [9.17, 15) is 0 Å². The molecule has 102 valence electrons. The molecule has 0 nitrogen and oxygen atoms in total. The highest BCUT2D eigenvalue weighted by molar-refractivity contribution is 6.35. The van der Waals surface area contributed by atoms with Gasteiger partial charge in [0.15, 0.2) is 0 Å². The average molecular weight is 308 g/mol. The third-order valence-corrected chi connectivity index (χ3v) is 3.85. The molecule has 1 rings (SSSR count). The normalized spacial score (nSPS) is 15.5. The molecule has 0 bridgehead atoms. The molecule has 3 heteroatoms. The summed E-state index contributed by atoms with van der Waals surface area (Å²) in [4.78, 5) is 0. The van der Waals surface area contributed by atoms with E-state index in [0.717, 1.165) is 18.4 Å². The van der Waals surface area contributed by atoms with Crippen molar-refractivity contribution in [1.82, 2.24) is 0 Å². The average Bonchev–Trinajstić information content (AvgIpc) is 2.13. The van der Waals surface area contributed by atoms with Gasteiger partial charge in [-0.05, 0) is 41.9 Å². The highest BCUT2D eigenvalue weighted by Gasteiger charge is 2.20. The summed E-state index contributed by atoms with van der Waals surface area (Å²) in [6.45, 7) is 9.00. The molecule has 0 aliphatic carbocycles. The molecule has 0 aromatic heterocycles. The van der Waals surface area contributed by atoms with Crippen LogP contribution >= 0.6 is 34.8 Å². The SMILES string of the molecule is CC(CC(Cl)c1ccc(Cl)cc1Cl)CC(C)(C)C. The van der Waals surface area contributed by atoms with Gasteiger partial charge in [-0.25, -0.2) is 0 Å². The van der Waals surface area contributed by atoms with Crippen LogP contribution in [0.1, 0.15) is 51.5 Å². The van der Waals surface area contributed by atoms with Gasteiger partial charge in [0.1, 0.15) is 0 Å². The fraction of sp³-hybridized carbons (Fsp3) is 0.600. The van der Waals surface area contributed by atoms with Crippen molar-refractivity contribution < 1.29 is 0 Å². The van der Waals surface area contributed by atoms with E-state index in [-0.39, 0.29) is 5.38 Å². The summed E-state index contributed by atoms with van der Waals surface area (Å²) in [6, 6.07) is 5.51. The van der Waals surface area contributed by atoms with E-state index in [1.807, 2.05) is 12.1 Å². The standard InChI is InChI=1S/C15H21Cl3/c1-10(9-15(2,3)4)7-13(17)12-6-5-11(16)8-14(12)18/h5-6,8,10,13H,7,9H2,1-4H3. The smallest absolute Gasteiger partial charge is 0.0602 e. The molecule has 0 saturated heterocycles. The quantitative estimate of drug-likeness (QED) is 0.541. The van der Waals surface area contributed by atoms with Crippen molar-refractivity contribution in [2.24, 2.45) is 11.3 Å². The zero-order chi connectivity index (χ0) is 13.9. The van der Waals surface area contributed by atoms with E-state index < -0.39 is 0 Å². The van der Waals surface area contributed by atoms with Crippen molar-refractivity contribution in [3.8, 4) is 0 Å². The van der Waals surface area contributed by atoms with Crippen LogP contribution in [0.15, 0.2) is 18.2 Å². The molecule has 0 spiro atoms. The number of benzene rings is 1. The zero-order valence-electron chi connectivity index (χ0n) is 11.4. The second-order valence-corrected chi connectivity index (χ2v) is 7.61. The lowest BCUT2D eigenvalue weighted by Crippen LogP contribution is -2.12. The molecule has 0 radical (unpaired) electrons. The second-order valence-electron chi connectivity index (χ2n) is 6.24. The maximum absolute atomic E-state index is 6.46. The highest BCUT2D eigenvalue weighted by Crippen LogP contribution is 2.37. The topological polar surface area (TPSA) is 0 Å². The lowest BCUT2D eigenvalue weighted by molar-refractivity contribution is 0.295. The second kappa shape index (κ2) is 6.50. The summed E-state index contributed by atoms with van der Waals surface area (Å²) in [5.41, 5.74) is 1.31. The highest BCUT2D eigenvalue weighted by atomic mass is 35.5. The third kappa shape index (κ3) is 5.38. The Labute approximate surface area is 126 Å². The Morgan fingerprint density at radius 1 is 1.17 bits per heavy atom. The monoisotopic (exact) mass is 306 g/mol. The van der Waals surface area contributed by atoms with Gasteiger partial charge in [0, 0.05) is 10.0 Å². The maximum atomic E-state index is 6.46. The number of alkyl halides is 1. The van der Waals surface area contributed by atoms with E-state index in [0.29, 0.717) is 21.4 Å². The Bertz CT molecular complexity index is 393. The molecule has 18 heavy (non-hydrogen) atoms. The van der Waals surface area contributed by atoms with Crippen molar-refractivity contribution in [1.29, 1.82) is 0 Å². The molecular formula is C15H21Cl3. The Morgan fingerprint density at radius 3 is 2.28 bits per heavy atom. The van der Waals surface area contributed by atoms with Crippen LogP contribution in [0.4, 0.5) is 0 Å². The van der Waals surface area contributed by atoms with Crippen LogP contribution in [0.25, 0.3) is 0 Å². The van der Waals surface area contributed by atoms with Gasteiger partial charge in [-0.15, -0.1) is 11.6 Å². The molecule has 0 fully saturated rings. The van der Waals surface area contributed by atoms with E-state index in [4.69, 9.17) is 34.8 Å². The predicted octanol–water partition coefficient (Wildman–Crippen LogP) is 6.74. The van der Waals surface area contributed by atoms with Crippen molar-refractivity contribution in [3.05, 3.63) is 33.8 Å². The molecule has 1 aromatic rings. The van der Waals surface area contributed by atoms with E-state index in [2.05, 4.69) is 27.7 Å². The van der Waals surface area contributed by atoms with Crippen LogP contribution in [0.5, 0.6) is 0 Å². The van der Waals surface area contributed by atoms with Crippen molar-refractivity contribution in [2.75, 3.05) is 0 Å². The molecular weight excluding hydrogens is 287 g/mol. The fourth-order valence-corrected chi connectivity index (χ4v) is 3.45. The lowest BCUT2D eigenvalue weighted by atomic mass is 9.83. The van der Waals surface area contributed by atoms with Crippen LogP contribution in [0.2, 0.25) is 10.0 Å². The summed E-state index contributed by atoms with van der Waals surface area (Å²) in [5.74, 6) is 0.569. The van der Waals surface area contributed by atoms with Gasteiger partial charge in [-0.2, -0.15) is 0 Å². The van der Waals surface area contributed by atoms with E-state index in [1.54, 1.807) is 6.07 Å². The molecule has 0 aliphatic rings. The Hall–Kier alpha value is 0.0900. The minimum Gasteiger partial charge on any atom is -0.118 e. The molecule has 0 amide bonds. The van der Waals surface area contributed by atoms with Crippen LogP contribution in [0.3, 0.4) is 0 Å². The van der Waals surface area contributed by atoms with Gasteiger partial charge in [0.25, 0.3) is 0 Å². The molecule has 1 aromatic carbocycles. The van der Waals surface area contributed by atoms with Gasteiger partial charge in [0.05, 0.1) is 5.38 Å². The minimum atomic E-state index is -0.0490. The molecule has 0 aliphatic heterocycles. The first-order valence-electron chi connectivity index (χ1n) is 6.28. The molecule has 2 atom stereocenters. The summed E-state index contributed by atoms with van der Waals surface area (Å²) in [5, 5.41) is 1.26. The molecule has 0 saturated carbocycles. The first kappa shape index (κ1) is 16.1. The van der Waals surface area contributed by atoms with Crippen LogP contribution in [-0.2, 0) is 0 Å². The summed E-state index contributed by atoms with van der Waals surface area (Å²) in [7, 11) is 0. The molecule has 2 unspecified atom stereocenters. The summed E-state index contributed by atoms with van der Waals surface area (Å²) < 4.78 is 0. The number of hydrogen-bond donors (Lipinski definition) is 0. The predicted molar refractivity (Wildman–Crippen MR) is 82.9 cm³/mol. The number of hydrogen-bond acceptors (Lipinski definition) is 0. The number of rotatable bonds is 4. The molecule has 0 heterocycles. The van der Waals surface area contributed by atoms with Crippen LogP contribution in [0, 0.1) is 11.3 Å².